The average molecular weight is 535 g/mol. The molecule has 0 bridgehead atoms. The first kappa shape index (κ1) is 28.4. The van der Waals surface area contributed by atoms with Crippen LogP contribution in [0.1, 0.15) is 64.7 Å². The summed E-state index contributed by atoms with van der Waals surface area (Å²) in [7, 11) is 0. The lowest BCUT2D eigenvalue weighted by Gasteiger charge is -2.40. The molecule has 0 radical (unpaired) electrons. The molecule has 9 heteroatoms. The molecular weight excluding hydrogens is 496 g/mol. The van der Waals surface area contributed by atoms with E-state index in [0.29, 0.717) is 17.8 Å². The number of rotatable bonds is 14. The van der Waals surface area contributed by atoms with Gasteiger partial charge in [0, 0.05) is 17.8 Å². The number of para-hydroxylation sites is 1. The van der Waals surface area contributed by atoms with Crippen LogP contribution in [0.4, 0.5) is 17.1 Å². The van der Waals surface area contributed by atoms with Crippen LogP contribution in [0.15, 0.2) is 66.7 Å². The minimum Gasteiger partial charge on any atom is -0.391 e. The number of nitro benzene ring substituents is 1. The van der Waals surface area contributed by atoms with Crippen LogP contribution in [0.3, 0.4) is 0 Å². The van der Waals surface area contributed by atoms with E-state index in [1.54, 1.807) is 53.6 Å². The third-order valence-corrected chi connectivity index (χ3v) is 7.55. The first-order chi connectivity index (χ1) is 18.9. The molecule has 9 nitrogen and oxygen atoms in total. The zero-order valence-corrected chi connectivity index (χ0v) is 22.4. The van der Waals surface area contributed by atoms with Crippen molar-refractivity contribution in [1.29, 1.82) is 0 Å². The summed E-state index contributed by atoms with van der Waals surface area (Å²) in [6, 6.07) is 13.3. The van der Waals surface area contributed by atoms with Crippen molar-refractivity contribution in [3.63, 3.8) is 0 Å². The van der Waals surface area contributed by atoms with Crippen molar-refractivity contribution in [3.05, 3.63) is 76.9 Å². The highest BCUT2D eigenvalue weighted by molar-refractivity contribution is 6.24. The number of nitrogens with one attached hydrogen (secondary N) is 1. The van der Waals surface area contributed by atoms with Crippen LogP contribution in [0, 0.1) is 16.0 Å². The number of nitrogens with zero attached hydrogens (tertiary/aromatic N) is 3. The third-order valence-electron chi connectivity index (χ3n) is 7.55. The highest BCUT2D eigenvalue weighted by atomic mass is 16.6. The van der Waals surface area contributed by atoms with Gasteiger partial charge in [-0.3, -0.25) is 19.7 Å². The summed E-state index contributed by atoms with van der Waals surface area (Å²) >= 11 is 0. The molecule has 0 aromatic heterocycles. The van der Waals surface area contributed by atoms with Crippen molar-refractivity contribution in [1.82, 2.24) is 5.01 Å². The summed E-state index contributed by atoms with van der Waals surface area (Å²) in [6.07, 6.45) is 12.6. The minimum atomic E-state index is -0.865. The predicted octanol–water partition coefficient (Wildman–Crippen LogP) is 5.61. The highest BCUT2D eigenvalue weighted by Gasteiger charge is 2.54. The zero-order chi connectivity index (χ0) is 27.8. The molecule has 2 N–H and O–H groups in total. The van der Waals surface area contributed by atoms with Gasteiger partial charge in [0.2, 0.25) is 5.91 Å². The lowest BCUT2D eigenvalue weighted by atomic mass is 9.91. The second-order valence-corrected chi connectivity index (χ2v) is 10.3. The normalized spacial score (nSPS) is 21.7. The fourth-order valence-electron chi connectivity index (χ4n) is 5.42. The van der Waals surface area contributed by atoms with Gasteiger partial charge < -0.3 is 10.5 Å². The number of nitro groups is 1. The van der Waals surface area contributed by atoms with Gasteiger partial charge in [0.25, 0.3) is 11.6 Å². The number of unbranched alkanes of at least 4 members (excludes halogenated alkanes) is 7. The zero-order valence-electron chi connectivity index (χ0n) is 22.4. The van der Waals surface area contributed by atoms with Crippen LogP contribution in [-0.4, -0.2) is 45.0 Å². The van der Waals surface area contributed by atoms with Gasteiger partial charge in [-0.05, 0) is 30.7 Å². The van der Waals surface area contributed by atoms with Crippen LogP contribution in [-0.2, 0) is 9.59 Å². The summed E-state index contributed by atoms with van der Waals surface area (Å²) in [5.41, 5.74) is 4.18. The van der Waals surface area contributed by atoms with Gasteiger partial charge in [-0.25, -0.2) is 9.91 Å². The smallest absolute Gasteiger partial charge is 0.269 e. The van der Waals surface area contributed by atoms with Crippen LogP contribution in [0.25, 0.3) is 0 Å². The molecule has 1 fully saturated rings. The van der Waals surface area contributed by atoms with Crippen molar-refractivity contribution in [3.8, 4) is 0 Å². The van der Waals surface area contributed by atoms with Gasteiger partial charge in [0.1, 0.15) is 6.04 Å². The van der Waals surface area contributed by atoms with Crippen LogP contribution >= 0.6 is 0 Å². The van der Waals surface area contributed by atoms with Gasteiger partial charge in [-0.1, -0.05) is 88.6 Å². The van der Waals surface area contributed by atoms with E-state index in [2.05, 4.69) is 12.3 Å². The number of non-ortho nitro benzene ring substituents is 1. The summed E-state index contributed by atoms with van der Waals surface area (Å²) in [6.45, 7) is 2.21. The second kappa shape index (κ2) is 13.5. The van der Waals surface area contributed by atoms with E-state index >= 15 is 0 Å². The third kappa shape index (κ3) is 6.72. The van der Waals surface area contributed by atoms with Crippen LogP contribution in [0.2, 0.25) is 0 Å². The van der Waals surface area contributed by atoms with Crippen molar-refractivity contribution >= 4 is 28.9 Å². The highest BCUT2D eigenvalue weighted by Crippen LogP contribution is 2.36. The fourth-order valence-corrected chi connectivity index (χ4v) is 5.42. The molecule has 0 aliphatic carbocycles. The summed E-state index contributed by atoms with van der Waals surface area (Å²) in [5, 5.41) is 24.0. The Morgan fingerprint density at radius 3 is 2.18 bits per heavy atom. The van der Waals surface area contributed by atoms with Crippen LogP contribution < -0.4 is 10.3 Å². The number of hydrazine groups is 1. The number of amides is 2. The van der Waals surface area contributed by atoms with Crippen molar-refractivity contribution in [2.24, 2.45) is 5.92 Å². The average Bonchev–Trinajstić information content (AvgIpc) is 3.20. The quantitative estimate of drug-likeness (QED) is 0.106. The molecule has 4 atom stereocenters. The first-order valence-electron chi connectivity index (χ1n) is 14.0. The Bertz CT molecular complexity index is 1150. The summed E-state index contributed by atoms with van der Waals surface area (Å²) < 4.78 is 0. The molecule has 2 aromatic rings. The lowest BCUT2D eigenvalue weighted by Crippen LogP contribution is -2.57. The monoisotopic (exact) mass is 534 g/mol. The molecule has 0 saturated carbocycles. The Morgan fingerprint density at radius 1 is 0.897 bits per heavy atom. The van der Waals surface area contributed by atoms with Crippen LogP contribution in [0.5, 0.6) is 0 Å². The fraction of sp³-hybridized carbons (Fsp3) is 0.467. The molecule has 2 heterocycles. The van der Waals surface area contributed by atoms with E-state index < -0.39 is 29.0 Å². The predicted molar refractivity (Wildman–Crippen MR) is 151 cm³/mol. The Labute approximate surface area is 229 Å². The number of imide groups is 1. The number of hydrogen-bond acceptors (Lipinski definition) is 7. The molecule has 0 unspecified atom stereocenters. The number of aliphatic hydroxyl groups is 1. The molecule has 0 spiro atoms. The standard InChI is InChI=1S/C30H38N4O5/c1-2-3-4-5-6-7-8-12-15-27(35)26-21-20-25-28(30(37)32(29(25)36)23-13-10-9-11-14-23)33(26)31-22-16-18-24(19-17-22)34(38)39/h9-11,13-14,16-21,25-28,31,35H,2-8,12,15H2,1H3/t25-,26-,27-,28+/m1/s1. The Morgan fingerprint density at radius 2 is 1.54 bits per heavy atom. The minimum absolute atomic E-state index is 0.0504. The van der Waals surface area contributed by atoms with Crippen molar-refractivity contribution in [2.75, 3.05) is 10.3 Å². The molecule has 208 valence electrons. The number of carbonyl (C=O) groups is 2. The first-order valence-corrected chi connectivity index (χ1v) is 14.0. The summed E-state index contributed by atoms with van der Waals surface area (Å²) in [5.74, 6) is -1.41. The number of carbonyl (C=O) groups excluding carboxylic acids is 2. The molecule has 39 heavy (non-hydrogen) atoms. The van der Waals surface area contributed by atoms with Crippen molar-refractivity contribution in [2.45, 2.75) is 82.9 Å². The van der Waals surface area contributed by atoms with Gasteiger partial charge >= 0.3 is 0 Å². The Balaban J connectivity index is 1.50. The van der Waals surface area contributed by atoms with Gasteiger partial charge in [0.15, 0.2) is 0 Å². The van der Waals surface area contributed by atoms with E-state index in [4.69, 9.17) is 0 Å². The molecule has 2 aromatic carbocycles. The topological polar surface area (TPSA) is 116 Å². The number of benzene rings is 2. The van der Waals surface area contributed by atoms with E-state index in [1.807, 2.05) is 6.07 Å². The Hall–Kier alpha value is -3.56. The number of aliphatic hydroxyl groups excluding tert-OH is 1. The summed E-state index contributed by atoms with van der Waals surface area (Å²) in [4.78, 5) is 38.9. The Kier molecular flexibility index (Phi) is 9.84. The molecule has 2 aliphatic heterocycles. The van der Waals surface area contributed by atoms with E-state index in [1.165, 1.54) is 49.1 Å². The number of fused-ring (bicyclic) bond motifs is 1. The SMILES string of the molecule is CCCCCCCCCC[C@@H](O)[C@H]1C=C[C@H]2C(=O)N(c3ccccc3)C(=O)[C@H]2N1Nc1ccc([N+](=O)[O-])cc1. The van der Waals surface area contributed by atoms with Gasteiger partial charge in [-0.15, -0.1) is 0 Å². The van der Waals surface area contributed by atoms with Crippen molar-refractivity contribution < 1.29 is 19.6 Å². The lowest BCUT2D eigenvalue weighted by molar-refractivity contribution is -0.384. The molecular formula is C30H38N4O5. The molecule has 4 rings (SSSR count). The molecule has 2 aliphatic rings. The number of hydrogen-bond donors (Lipinski definition) is 2. The molecule has 1 saturated heterocycles. The van der Waals surface area contributed by atoms with E-state index in [-0.39, 0.29) is 17.5 Å². The van der Waals surface area contributed by atoms with E-state index in [0.717, 1.165) is 19.3 Å². The largest absolute Gasteiger partial charge is 0.391 e. The maximum absolute atomic E-state index is 13.7. The second-order valence-electron chi connectivity index (χ2n) is 10.3. The van der Waals surface area contributed by atoms with Gasteiger partial charge in [0.05, 0.1) is 28.7 Å². The maximum Gasteiger partial charge on any atom is 0.269 e. The maximum atomic E-state index is 13.7. The number of anilines is 2. The van der Waals surface area contributed by atoms with E-state index in [9.17, 15) is 24.8 Å². The molecule has 2 amide bonds. The van der Waals surface area contributed by atoms with Gasteiger partial charge in [-0.2, -0.15) is 0 Å².